The number of piperidine rings is 1. The fourth-order valence-electron chi connectivity index (χ4n) is 3.39. The van der Waals surface area contributed by atoms with Gasteiger partial charge in [-0.25, -0.2) is 9.59 Å². The third-order valence-corrected chi connectivity index (χ3v) is 4.65. The van der Waals surface area contributed by atoms with Gasteiger partial charge in [0.15, 0.2) is 0 Å². The van der Waals surface area contributed by atoms with Gasteiger partial charge in [0.05, 0.1) is 6.10 Å². The lowest BCUT2D eigenvalue weighted by molar-refractivity contribution is -0.141. The van der Waals surface area contributed by atoms with Gasteiger partial charge < -0.3 is 20.0 Å². The van der Waals surface area contributed by atoms with Crippen molar-refractivity contribution in [2.24, 2.45) is 11.8 Å². The SMILES string of the molecule is CC1CC(C)C(C)N(C(=O)N2C[C@@H](O)C[C@H]2C(=O)O)C1. The number of hydrogen-bond acceptors (Lipinski definition) is 3. The topological polar surface area (TPSA) is 81.1 Å². The molecule has 0 bridgehead atoms. The largest absolute Gasteiger partial charge is 0.480 e. The van der Waals surface area contributed by atoms with Gasteiger partial charge in [-0.3, -0.25) is 0 Å². The van der Waals surface area contributed by atoms with Crippen LogP contribution in [0.1, 0.15) is 33.6 Å². The normalized spacial score (nSPS) is 38.1. The molecule has 2 N–H and O–H groups in total. The van der Waals surface area contributed by atoms with Crippen molar-refractivity contribution in [1.82, 2.24) is 9.80 Å². The fraction of sp³-hybridized carbons (Fsp3) is 0.857. The Morgan fingerprint density at radius 2 is 1.70 bits per heavy atom. The summed E-state index contributed by atoms with van der Waals surface area (Å²) in [6.07, 6.45) is 0.458. The average molecular weight is 284 g/mol. The summed E-state index contributed by atoms with van der Waals surface area (Å²) in [5.41, 5.74) is 0. The highest BCUT2D eigenvalue weighted by Gasteiger charge is 2.43. The minimum absolute atomic E-state index is 0.103. The van der Waals surface area contributed by atoms with Crippen molar-refractivity contribution in [2.45, 2.75) is 51.8 Å². The van der Waals surface area contributed by atoms with E-state index in [0.717, 1.165) is 6.42 Å². The number of β-amino-alcohol motifs (C(OH)–C–C–N with tert-alkyl or cyclic N) is 1. The first kappa shape index (κ1) is 15.1. The summed E-state index contributed by atoms with van der Waals surface area (Å²) in [6.45, 7) is 7.01. The molecule has 6 nitrogen and oxygen atoms in total. The van der Waals surface area contributed by atoms with Crippen LogP contribution in [0, 0.1) is 11.8 Å². The van der Waals surface area contributed by atoms with Crippen LogP contribution in [0.25, 0.3) is 0 Å². The first-order chi connectivity index (χ1) is 9.31. The smallest absolute Gasteiger partial charge is 0.326 e. The molecule has 0 aliphatic carbocycles. The molecular formula is C14H24N2O4. The Morgan fingerprint density at radius 3 is 2.30 bits per heavy atom. The maximum absolute atomic E-state index is 12.6. The molecule has 0 aromatic heterocycles. The monoisotopic (exact) mass is 284 g/mol. The second-order valence-corrected chi connectivity index (χ2v) is 6.39. The number of carboxylic acid groups (broad SMARTS) is 1. The van der Waals surface area contributed by atoms with Gasteiger partial charge in [-0.1, -0.05) is 13.8 Å². The third kappa shape index (κ3) is 2.75. The van der Waals surface area contributed by atoms with Gasteiger partial charge >= 0.3 is 12.0 Å². The number of rotatable bonds is 1. The molecule has 2 heterocycles. The lowest BCUT2D eigenvalue weighted by Gasteiger charge is -2.43. The van der Waals surface area contributed by atoms with E-state index >= 15 is 0 Å². The summed E-state index contributed by atoms with van der Waals surface area (Å²) < 4.78 is 0. The van der Waals surface area contributed by atoms with Crippen LogP contribution in [0.5, 0.6) is 0 Å². The molecule has 0 radical (unpaired) electrons. The summed E-state index contributed by atoms with van der Waals surface area (Å²) in [4.78, 5) is 27.0. The van der Waals surface area contributed by atoms with Crippen LogP contribution in [0.15, 0.2) is 0 Å². The highest BCUT2D eigenvalue weighted by Crippen LogP contribution is 2.29. The zero-order valence-corrected chi connectivity index (χ0v) is 12.3. The minimum atomic E-state index is -1.04. The maximum atomic E-state index is 12.6. The van der Waals surface area contributed by atoms with E-state index in [1.165, 1.54) is 4.90 Å². The number of amides is 2. The Hall–Kier alpha value is -1.30. The van der Waals surface area contributed by atoms with E-state index in [2.05, 4.69) is 13.8 Å². The summed E-state index contributed by atoms with van der Waals surface area (Å²) in [5.74, 6) is -0.222. The van der Waals surface area contributed by atoms with E-state index in [4.69, 9.17) is 0 Å². The zero-order chi connectivity index (χ0) is 15.0. The van der Waals surface area contributed by atoms with Crippen molar-refractivity contribution in [3.8, 4) is 0 Å². The highest BCUT2D eigenvalue weighted by atomic mass is 16.4. The molecular weight excluding hydrogens is 260 g/mol. The summed E-state index contributed by atoms with van der Waals surface area (Å²) in [7, 11) is 0. The maximum Gasteiger partial charge on any atom is 0.326 e. The molecule has 0 aromatic rings. The molecule has 3 unspecified atom stereocenters. The standard InChI is InChI=1S/C14H24N2O4/c1-8-4-9(2)10(3)15(6-8)14(20)16-7-11(17)5-12(16)13(18)19/h8-12,17H,4-7H2,1-3H3,(H,18,19)/t8?,9?,10?,11-,12-/m0/s1. The molecule has 2 aliphatic rings. The van der Waals surface area contributed by atoms with Crippen molar-refractivity contribution in [2.75, 3.05) is 13.1 Å². The van der Waals surface area contributed by atoms with Crippen molar-refractivity contribution in [3.05, 3.63) is 0 Å². The van der Waals surface area contributed by atoms with Gasteiger partial charge in [0.2, 0.25) is 0 Å². The summed E-state index contributed by atoms with van der Waals surface area (Å²) in [6, 6.07) is -1.05. The Labute approximate surface area is 119 Å². The number of carbonyl (C=O) groups excluding carboxylic acids is 1. The van der Waals surface area contributed by atoms with Gasteiger partial charge in [-0.05, 0) is 25.2 Å². The van der Waals surface area contributed by atoms with E-state index in [1.54, 1.807) is 4.90 Å². The molecule has 2 aliphatic heterocycles. The number of aliphatic hydroxyl groups is 1. The number of carbonyl (C=O) groups is 2. The molecule has 2 rings (SSSR count). The number of nitrogens with zero attached hydrogens (tertiary/aromatic N) is 2. The minimum Gasteiger partial charge on any atom is -0.480 e. The number of aliphatic hydroxyl groups excluding tert-OH is 1. The average Bonchev–Trinajstić information content (AvgIpc) is 2.75. The first-order valence-electron chi connectivity index (χ1n) is 7.29. The van der Waals surface area contributed by atoms with Gasteiger partial charge in [0, 0.05) is 25.6 Å². The summed E-state index contributed by atoms with van der Waals surface area (Å²) in [5, 5.41) is 18.9. The van der Waals surface area contributed by atoms with Crippen LogP contribution >= 0.6 is 0 Å². The van der Waals surface area contributed by atoms with Crippen LogP contribution in [0.2, 0.25) is 0 Å². The zero-order valence-electron chi connectivity index (χ0n) is 12.3. The van der Waals surface area contributed by atoms with Gasteiger partial charge in [-0.15, -0.1) is 0 Å². The molecule has 5 atom stereocenters. The summed E-state index contributed by atoms with van der Waals surface area (Å²) >= 11 is 0. The van der Waals surface area contributed by atoms with Crippen LogP contribution in [-0.2, 0) is 4.79 Å². The van der Waals surface area contributed by atoms with Crippen molar-refractivity contribution in [1.29, 1.82) is 0 Å². The van der Waals surface area contributed by atoms with E-state index in [9.17, 15) is 19.8 Å². The fourth-order valence-corrected chi connectivity index (χ4v) is 3.39. The second kappa shape index (κ2) is 5.60. The Balaban J connectivity index is 2.15. The molecule has 20 heavy (non-hydrogen) atoms. The lowest BCUT2D eigenvalue weighted by atomic mass is 9.86. The third-order valence-electron chi connectivity index (χ3n) is 4.65. The molecule has 2 fully saturated rings. The van der Waals surface area contributed by atoms with Crippen LogP contribution in [0.4, 0.5) is 4.79 Å². The predicted molar refractivity (Wildman–Crippen MR) is 73.3 cm³/mol. The van der Waals surface area contributed by atoms with E-state index in [1.807, 2.05) is 6.92 Å². The number of urea groups is 1. The molecule has 114 valence electrons. The van der Waals surface area contributed by atoms with Gasteiger partial charge in [-0.2, -0.15) is 0 Å². The second-order valence-electron chi connectivity index (χ2n) is 6.39. The Bertz CT molecular complexity index is 401. The van der Waals surface area contributed by atoms with Crippen LogP contribution < -0.4 is 0 Å². The predicted octanol–water partition coefficient (Wildman–Crippen LogP) is 0.993. The van der Waals surface area contributed by atoms with E-state index < -0.39 is 18.1 Å². The quantitative estimate of drug-likeness (QED) is 0.752. The molecule has 0 spiro atoms. The Morgan fingerprint density at radius 1 is 1.05 bits per heavy atom. The molecule has 6 heteroatoms. The molecule has 2 saturated heterocycles. The number of carboxylic acids is 1. The van der Waals surface area contributed by atoms with Crippen LogP contribution in [0.3, 0.4) is 0 Å². The van der Waals surface area contributed by atoms with Gasteiger partial charge in [0.1, 0.15) is 6.04 Å². The van der Waals surface area contributed by atoms with Crippen molar-refractivity contribution >= 4 is 12.0 Å². The van der Waals surface area contributed by atoms with Crippen LogP contribution in [-0.4, -0.2) is 63.3 Å². The first-order valence-corrected chi connectivity index (χ1v) is 7.29. The number of hydrogen-bond donors (Lipinski definition) is 2. The van der Waals surface area contributed by atoms with Crippen molar-refractivity contribution < 1.29 is 19.8 Å². The molecule has 0 aromatic carbocycles. The lowest BCUT2D eigenvalue weighted by Crippen LogP contribution is -2.55. The number of likely N-dealkylation sites (tertiary alicyclic amines) is 2. The number of aliphatic carboxylic acids is 1. The molecule has 0 saturated carbocycles. The Kier molecular flexibility index (Phi) is 4.22. The molecule has 2 amide bonds. The van der Waals surface area contributed by atoms with Crippen molar-refractivity contribution in [3.63, 3.8) is 0 Å². The highest BCUT2D eigenvalue weighted by molar-refractivity contribution is 5.83. The van der Waals surface area contributed by atoms with E-state index in [-0.39, 0.29) is 25.0 Å². The van der Waals surface area contributed by atoms with Gasteiger partial charge in [0.25, 0.3) is 0 Å². The van der Waals surface area contributed by atoms with E-state index in [0.29, 0.717) is 18.4 Å².